The number of aliphatic hydroxyl groups is 1. The van der Waals surface area contributed by atoms with Crippen LogP contribution in [0.1, 0.15) is 51.4 Å². The normalized spacial score (nSPS) is 31.2. The van der Waals surface area contributed by atoms with Gasteiger partial charge in [-0.1, -0.05) is 19.3 Å². The van der Waals surface area contributed by atoms with Crippen LogP contribution >= 0.6 is 0 Å². The number of hydrogen-bond acceptors (Lipinski definition) is 3. The third-order valence-corrected chi connectivity index (χ3v) is 4.92. The summed E-state index contributed by atoms with van der Waals surface area (Å²) in [5, 5.41) is 10.5. The van der Waals surface area contributed by atoms with Crippen molar-refractivity contribution in [1.82, 2.24) is 4.90 Å². The van der Waals surface area contributed by atoms with E-state index < -0.39 is 5.60 Å². The number of carbonyl (C=O) groups is 1. The van der Waals surface area contributed by atoms with E-state index in [-0.39, 0.29) is 11.9 Å². The number of carbonyl (C=O) groups excluding carboxylic acids is 1. The van der Waals surface area contributed by atoms with Gasteiger partial charge in [0.25, 0.3) is 0 Å². The van der Waals surface area contributed by atoms with Gasteiger partial charge in [0.1, 0.15) is 0 Å². The lowest BCUT2D eigenvalue weighted by Gasteiger charge is -2.39. The van der Waals surface area contributed by atoms with Crippen LogP contribution in [0.25, 0.3) is 0 Å². The number of amides is 1. The lowest BCUT2D eigenvalue weighted by molar-refractivity contribution is -0.147. The van der Waals surface area contributed by atoms with Crippen LogP contribution in [0.3, 0.4) is 0 Å². The van der Waals surface area contributed by atoms with Crippen LogP contribution in [0.15, 0.2) is 0 Å². The molecule has 0 aromatic carbocycles. The fourth-order valence-corrected chi connectivity index (χ4v) is 3.57. The lowest BCUT2D eigenvalue weighted by Crippen LogP contribution is -2.52. The third kappa shape index (κ3) is 3.11. The highest BCUT2D eigenvalue weighted by Crippen LogP contribution is 2.38. The van der Waals surface area contributed by atoms with Gasteiger partial charge in [0.2, 0.25) is 5.91 Å². The molecule has 1 amide bonds. The van der Waals surface area contributed by atoms with Crippen molar-refractivity contribution in [3.8, 4) is 0 Å². The van der Waals surface area contributed by atoms with Gasteiger partial charge in [-0.2, -0.15) is 0 Å². The maximum Gasteiger partial charge on any atom is 0.225 e. The van der Waals surface area contributed by atoms with Crippen LogP contribution < -0.4 is 0 Å². The maximum absolute atomic E-state index is 12.5. The maximum atomic E-state index is 12.5. The molecule has 4 nitrogen and oxygen atoms in total. The molecule has 1 saturated heterocycles. The summed E-state index contributed by atoms with van der Waals surface area (Å²) in [4.78, 5) is 14.5. The Bertz CT molecular complexity index is 334. The van der Waals surface area contributed by atoms with Gasteiger partial charge in [0.15, 0.2) is 0 Å². The number of ether oxygens (including phenoxy) is 1. The number of rotatable bonds is 3. The van der Waals surface area contributed by atoms with Crippen LogP contribution in [0.4, 0.5) is 0 Å². The van der Waals surface area contributed by atoms with Crippen LogP contribution in [0, 0.1) is 5.92 Å². The zero-order valence-corrected chi connectivity index (χ0v) is 11.6. The van der Waals surface area contributed by atoms with Crippen molar-refractivity contribution in [1.29, 1.82) is 0 Å². The van der Waals surface area contributed by atoms with E-state index in [2.05, 4.69) is 0 Å². The van der Waals surface area contributed by atoms with Crippen molar-refractivity contribution in [3.63, 3.8) is 0 Å². The molecule has 0 aromatic rings. The predicted molar refractivity (Wildman–Crippen MR) is 71.7 cm³/mol. The summed E-state index contributed by atoms with van der Waals surface area (Å²) in [6.07, 6.45) is 7.64. The SMILES string of the molecule is O=C(CC1(O)CCCCC1)N1CCOCC1C1CC1. The van der Waals surface area contributed by atoms with Gasteiger partial charge in [0, 0.05) is 6.54 Å². The summed E-state index contributed by atoms with van der Waals surface area (Å²) in [7, 11) is 0. The van der Waals surface area contributed by atoms with Crippen LogP contribution in [0.2, 0.25) is 0 Å². The van der Waals surface area contributed by atoms with Crippen LogP contribution in [0.5, 0.6) is 0 Å². The lowest BCUT2D eigenvalue weighted by atomic mass is 9.82. The van der Waals surface area contributed by atoms with E-state index in [0.717, 1.165) is 25.7 Å². The molecule has 0 aromatic heterocycles. The zero-order valence-electron chi connectivity index (χ0n) is 11.6. The molecule has 0 radical (unpaired) electrons. The summed E-state index contributed by atoms with van der Waals surface area (Å²) < 4.78 is 5.52. The van der Waals surface area contributed by atoms with Crippen LogP contribution in [-0.4, -0.2) is 47.3 Å². The fourth-order valence-electron chi connectivity index (χ4n) is 3.57. The van der Waals surface area contributed by atoms with E-state index in [9.17, 15) is 9.90 Å². The Hall–Kier alpha value is -0.610. The highest BCUT2D eigenvalue weighted by molar-refractivity contribution is 5.77. The van der Waals surface area contributed by atoms with Crippen molar-refractivity contribution in [2.45, 2.75) is 63.0 Å². The third-order valence-electron chi connectivity index (χ3n) is 4.92. The fraction of sp³-hybridized carbons (Fsp3) is 0.933. The zero-order chi connectivity index (χ0) is 13.3. The molecule has 1 heterocycles. The van der Waals surface area contributed by atoms with Crippen molar-refractivity contribution >= 4 is 5.91 Å². The van der Waals surface area contributed by atoms with E-state index in [1.54, 1.807) is 0 Å². The van der Waals surface area contributed by atoms with Gasteiger partial charge in [-0.15, -0.1) is 0 Å². The van der Waals surface area contributed by atoms with Gasteiger partial charge < -0.3 is 14.7 Å². The van der Waals surface area contributed by atoms with Crippen molar-refractivity contribution in [2.24, 2.45) is 5.92 Å². The van der Waals surface area contributed by atoms with Crippen molar-refractivity contribution in [3.05, 3.63) is 0 Å². The minimum Gasteiger partial charge on any atom is -0.389 e. The van der Waals surface area contributed by atoms with Gasteiger partial charge in [-0.05, 0) is 31.6 Å². The van der Waals surface area contributed by atoms with Crippen molar-refractivity contribution in [2.75, 3.05) is 19.8 Å². The molecule has 3 rings (SSSR count). The molecule has 3 aliphatic rings. The minimum absolute atomic E-state index is 0.143. The molecule has 1 aliphatic heterocycles. The molecule has 2 saturated carbocycles. The summed E-state index contributed by atoms with van der Waals surface area (Å²) in [5.74, 6) is 0.787. The molecular formula is C15H25NO3. The first-order chi connectivity index (χ1) is 9.18. The molecule has 4 heteroatoms. The highest BCUT2D eigenvalue weighted by Gasteiger charge is 2.41. The minimum atomic E-state index is -0.734. The van der Waals surface area contributed by atoms with Crippen LogP contribution in [-0.2, 0) is 9.53 Å². The predicted octanol–water partition coefficient (Wildman–Crippen LogP) is 1.71. The molecule has 3 fully saturated rings. The average Bonchev–Trinajstić information content (AvgIpc) is 3.23. The second-order valence-electron chi connectivity index (χ2n) is 6.53. The first-order valence-electron chi connectivity index (χ1n) is 7.78. The molecule has 19 heavy (non-hydrogen) atoms. The molecule has 0 spiro atoms. The summed E-state index contributed by atoms with van der Waals surface area (Å²) in [5.41, 5.74) is -0.734. The van der Waals surface area contributed by atoms with E-state index in [1.807, 2.05) is 4.90 Å². The number of hydrogen-bond donors (Lipinski definition) is 1. The Kier molecular flexibility index (Phi) is 3.81. The molecule has 108 valence electrons. The van der Waals surface area contributed by atoms with Crippen molar-refractivity contribution < 1.29 is 14.6 Å². The molecular weight excluding hydrogens is 242 g/mol. The smallest absolute Gasteiger partial charge is 0.225 e. The average molecular weight is 267 g/mol. The standard InChI is InChI=1S/C15H25NO3/c17-14(10-15(18)6-2-1-3-7-15)16-8-9-19-11-13(16)12-4-5-12/h12-13,18H,1-11H2. The van der Waals surface area contributed by atoms with Gasteiger partial charge in [-0.3, -0.25) is 4.79 Å². The molecule has 2 aliphatic carbocycles. The Labute approximate surface area is 115 Å². The topological polar surface area (TPSA) is 49.8 Å². The largest absolute Gasteiger partial charge is 0.389 e. The van der Waals surface area contributed by atoms with Gasteiger partial charge in [-0.25, -0.2) is 0 Å². The molecule has 1 unspecified atom stereocenters. The Morgan fingerprint density at radius 3 is 2.68 bits per heavy atom. The highest BCUT2D eigenvalue weighted by atomic mass is 16.5. The summed E-state index contributed by atoms with van der Waals surface area (Å²) in [6, 6.07) is 0.272. The van der Waals surface area contributed by atoms with Gasteiger partial charge in [0.05, 0.1) is 31.3 Å². The Balaban J connectivity index is 1.61. The number of morpholine rings is 1. The quantitative estimate of drug-likeness (QED) is 0.847. The molecule has 1 atom stereocenters. The second kappa shape index (κ2) is 5.41. The second-order valence-corrected chi connectivity index (χ2v) is 6.53. The number of nitrogens with zero attached hydrogens (tertiary/aromatic N) is 1. The summed E-state index contributed by atoms with van der Waals surface area (Å²) >= 11 is 0. The molecule has 0 bridgehead atoms. The van der Waals surface area contributed by atoms with Gasteiger partial charge >= 0.3 is 0 Å². The first kappa shape index (κ1) is 13.4. The van der Waals surface area contributed by atoms with E-state index in [0.29, 0.717) is 32.1 Å². The Morgan fingerprint density at radius 2 is 2.00 bits per heavy atom. The molecule has 1 N–H and O–H groups in total. The summed E-state index contributed by atoms with van der Waals surface area (Å²) in [6.45, 7) is 2.04. The first-order valence-corrected chi connectivity index (χ1v) is 7.78. The Morgan fingerprint density at radius 1 is 1.26 bits per heavy atom. The monoisotopic (exact) mass is 267 g/mol. The van der Waals surface area contributed by atoms with E-state index in [1.165, 1.54) is 19.3 Å². The van der Waals surface area contributed by atoms with E-state index in [4.69, 9.17) is 4.74 Å². The van der Waals surface area contributed by atoms with E-state index >= 15 is 0 Å².